The Labute approximate surface area is 147 Å². The zero-order valence-corrected chi connectivity index (χ0v) is 13.8. The number of aliphatic carboxylic acids is 2. The number of amides is 3. The second kappa shape index (κ2) is 11.0. The number of hydrogen-bond donors (Lipinski definition) is 8. The summed E-state index contributed by atoms with van der Waals surface area (Å²) < 4.78 is 0. The second-order valence-electron chi connectivity index (χ2n) is 5.27. The largest absolute Gasteiger partial charge is 0.481 e. The zero-order chi connectivity index (χ0) is 20.4. The number of carbonyl (C=O) groups excluding carboxylic acids is 3. The number of carboxylic acid groups (broad SMARTS) is 2. The van der Waals surface area contributed by atoms with Gasteiger partial charge in [-0.2, -0.15) is 0 Å². The Morgan fingerprint density at radius 2 is 1.19 bits per heavy atom. The molecule has 148 valence electrons. The lowest BCUT2D eigenvalue weighted by Crippen LogP contribution is -2.58. The van der Waals surface area contributed by atoms with Gasteiger partial charge in [0.25, 0.3) is 0 Å². The third-order valence-corrected chi connectivity index (χ3v) is 3.04. The fourth-order valence-electron chi connectivity index (χ4n) is 1.61. The molecule has 9 N–H and O–H groups in total. The highest BCUT2D eigenvalue weighted by molar-refractivity contribution is 5.94. The van der Waals surface area contributed by atoms with Gasteiger partial charge in [0, 0.05) is 0 Å². The van der Waals surface area contributed by atoms with Gasteiger partial charge in [0.1, 0.15) is 18.1 Å². The van der Waals surface area contributed by atoms with Crippen molar-refractivity contribution in [2.45, 2.75) is 37.5 Å². The van der Waals surface area contributed by atoms with Crippen molar-refractivity contribution in [1.29, 1.82) is 0 Å². The number of nitrogens with two attached hydrogens (primary N) is 1. The summed E-state index contributed by atoms with van der Waals surface area (Å²) in [6.45, 7) is -0.447. The molecule has 0 aromatic carbocycles. The van der Waals surface area contributed by atoms with Crippen LogP contribution in [0.15, 0.2) is 0 Å². The number of nitrogens with one attached hydrogen (secondary N) is 3. The van der Waals surface area contributed by atoms with Crippen LogP contribution in [-0.2, 0) is 24.0 Å². The van der Waals surface area contributed by atoms with Crippen molar-refractivity contribution >= 4 is 29.7 Å². The summed E-state index contributed by atoms with van der Waals surface area (Å²) >= 11 is 0. The average molecular weight is 378 g/mol. The molecule has 0 fully saturated rings. The molecule has 0 saturated heterocycles. The van der Waals surface area contributed by atoms with Crippen LogP contribution >= 0.6 is 0 Å². The monoisotopic (exact) mass is 378 g/mol. The maximum Gasteiger partial charge on any atom is 0.326 e. The van der Waals surface area contributed by atoms with Crippen molar-refractivity contribution in [3.63, 3.8) is 0 Å². The zero-order valence-electron chi connectivity index (χ0n) is 13.8. The summed E-state index contributed by atoms with van der Waals surface area (Å²) in [5.41, 5.74) is 5.30. The third-order valence-electron chi connectivity index (χ3n) is 3.04. The van der Waals surface area contributed by atoms with Crippen LogP contribution in [0.4, 0.5) is 0 Å². The molecule has 0 bridgehead atoms. The quantitative estimate of drug-likeness (QED) is 0.171. The predicted octanol–water partition coefficient (Wildman–Crippen LogP) is -4.67. The van der Waals surface area contributed by atoms with E-state index in [1.165, 1.54) is 6.92 Å². The third kappa shape index (κ3) is 7.87. The first-order valence-electron chi connectivity index (χ1n) is 7.36. The smallest absolute Gasteiger partial charge is 0.326 e. The van der Waals surface area contributed by atoms with Crippen molar-refractivity contribution in [3.05, 3.63) is 0 Å². The van der Waals surface area contributed by atoms with E-state index in [0.717, 1.165) is 0 Å². The first-order valence-corrected chi connectivity index (χ1v) is 7.36. The van der Waals surface area contributed by atoms with Gasteiger partial charge in [0.2, 0.25) is 17.7 Å². The summed E-state index contributed by atoms with van der Waals surface area (Å²) in [6.07, 6.45) is -0.920. The highest BCUT2D eigenvalue weighted by atomic mass is 16.4. The average Bonchev–Trinajstić information content (AvgIpc) is 2.55. The summed E-state index contributed by atoms with van der Waals surface area (Å²) in [5.74, 6) is -6.07. The standard InChI is InChI=1S/C13H22N4O9/c1-5(14)10(22)16-7(3-18)12(24)17-8(4-19)11(23)15-6(13(25)26)2-9(20)21/h5-8,18-19H,2-4,14H2,1H3,(H,15,23)(H,16,22)(H,17,24)(H,20,21)(H,25,26). The van der Waals surface area contributed by atoms with Crippen molar-refractivity contribution in [3.8, 4) is 0 Å². The Morgan fingerprint density at radius 1 is 0.808 bits per heavy atom. The van der Waals surface area contributed by atoms with Crippen molar-refractivity contribution in [2.75, 3.05) is 13.2 Å². The fraction of sp³-hybridized carbons (Fsp3) is 0.615. The van der Waals surface area contributed by atoms with E-state index in [1.807, 2.05) is 10.6 Å². The summed E-state index contributed by atoms with van der Waals surface area (Å²) in [6, 6.07) is -5.86. The molecule has 13 heteroatoms. The molecule has 0 aromatic heterocycles. The Morgan fingerprint density at radius 3 is 1.50 bits per heavy atom. The van der Waals surface area contributed by atoms with Gasteiger partial charge in [-0.3, -0.25) is 19.2 Å². The van der Waals surface area contributed by atoms with Gasteiger partial charge >= 0.3 is 11.9 Å². The van der Waals surface area contributed by atoms with Crippen LogP contribution in [0.2, 0.25) is 0 Å². The number of rotatable bonds is 11. The molecule has 0 aliphatic carbocycles. The first-order chi connectivity index (χ1) is 12.0. The van der Waals surface area contributed by atoms with Crippen LogP contribution in [0.25, 0.3) is 0 Å². The number of carbonyl (C=O) groups is 5. The normalized spacial score (nSPS) is 15.1. The molecule has 26 heavy (non-hydrogen) atoms. The van der Waals surface area contributed by atoms with Gasteiger partial charge in [-0.25, -0.2) is 4.79 Å². The topological polar surface area (TPSA) is 228 Å². The lowest BCUT2D eigenvalue weighted by molar-refractivity contribution is -0.147. The summed E-state index contributed by atoms with van der Waals surface area (Å²) in [5, 5.41) is 41.8. The minimum atomic E-state index is -1.78. The molecule has 4 unspecified atom stereocenters. The van der Waals surface area contributed by atoms with Gasteiger partial charge in [0.15, 0.2) is 0 Å². The molecule has 3 amide bonds. The highest BCUT2D eigenvalue weighted by Crippen LogP contribution is 1.96. The van der Waals surface area contributed by atoms with E-state index in [2.05, 4.69) is 5.32 Å². The summed E-state index contributed by atoms with van der Waals surface area (Å²) in [7, 11) is 0. The van der Waals surface area contributed by atoms with E-state index in [4.69, 9.17) is 21.1 Å². The number of hydrogen-bond acceptors (Lipinski definition) is 8. The SMILES string of the molecule is CC(N)C(=O)NC(CO)C(=O)NC(CO)C(=O)NC(CC(=O)O)C(=O)O. The van der Waals surface area contributed by atoms with Crippen LogP contribution in [0.3, 0.4) is 0 Å². The molecular formula is C13H22N4O9. The molecule has 0 aliphatic heterocycles. The Bertz CT molecular complexity index is 552. The lowest BCUT2D eigenvalue weighted by Gasteiger charge is -2.22. The molecule has 0 saturated carbocycles. The van der Waals surface area contributed by atoms with Crippen molar-refractivity contribution < 1.29 is 44.4 Å². The Kier molecular flexibility index (Phi) is 9.80. The van der Waals surface area contributed by atoms with E-state index in [9.17, 15) is 29.1 Å². The molecule has 0 heterocycles. The maximum atomic E-state index is 12.0. The van der Waals surface area contributed by atoms with Gasteiger partial charge in [-0.15, -0.1) is 0 Å². The van der Waals surface area contributed by atoms with Gasteiger partial charge in [-0.1, -0.05) is 0 Å². The van der Waals surface area contributed by atoms with Crippen molar-refractivity contribution in [2.24, 2.45) is 5.73 Å². The molecular weight excluding hydrogens is 356 g/mol. The molecule has 0 radical (unpaired) electrons. The number of carboxylic acids is 2. The molecule has 0 rings (SSSR count). The highest BCUT2D eigenvalue weighted by Gasteiger charge is 2.30. The van der Waals surface area contributed by atoms with Crippen molar-refractivity contribution in [1.82, 2.24) is 16.0 Å². The van der Waals surface area contributed by atoms with Gasteiger partial charge in [-0.05, 0) is 6.92 Å². The van der Waals surface area contributed by atoms with Crippen LogP contribution in [0, 0.1) is 0 Å². The fourth-order valence-corrected chi connectivity index (χ4v) is 1.61. The van der Waals surface area contributed by atoms with Crippen LogP contribution in [-0.4, -0.2) is 87.5 Å². The van der Waals surface area contributed by atoms with E-state index >= 15 is 0 Å². The van der Waals surface area contributed by atoms with Crippen LogP contribution in [0.5, 0.6) is 0 Å². The number of aliphatic hydroxyl groups excluding tert-OH is 2. The molecule has 4 atom stereocenters. The van der Waals surface area contributed by atoms with E-state index in [-0.39, 0.29) is 0 Å². The van der Waals surface area contributed by atoms with Crippen LogP contribution in [0.1, 0.15) is 13.3 Å². The van der Waals surface area contributed by atoms with E-state index < -0.39 is 73.5 Å². The van der Waals surface area contributed by atoms with Crippen LogP contribution < -0.4 is 21.7 Å². The molecule has 0 aliphatic rings. The second-order valence-corrected chi connectivity index (χ2v) is 5.27. The first kappa shape index (κ1) is 23.2. The Balaban J connectivity index is 4.96. The van der Waals surface area contributed by atoms with Gasteiger partial charge in [0.05, 0.1) is 25.7 Å². The van der Waals surface area contributed by atoms with E-state index in [1.54, 1.807) is 0 Å². The lowest BCUT2D eigenvalue weighted by atomic mass is 10.1. The molecule has 0 aromatic rings. The summed E-state index contributed by atoms with van der Waals surface area (Å²) in [4.78, 5) is 56.9. The minimum absolute atomic E-state index is 0.753. The maximum absolute atomic E-state index is 12.0. The predicted molar refractivity (Wildman–Crippen MR) is 83.5 cm³/mol. The van der Waals surface area contributed by atoms with Gasteiger partial charge < -0.3 is 42.1 Å². The Hall–Kier alpha value is -2.77. The minimum Gasteiger partial charge on any atom is -0.481 e. The molecule has 13 nitrogen and oxygen atoms in total. The number of aliphatic hydroxyl groups is 2. The molecule has 0 spiro atoms. The van der Waals surface area contributed by atoms with E-state index in [0.29, 0.717) is 0 Å².